The van der Waals surface area contributed by atoms with Gasteiger partial charge in [0.1, 0.15) is 0 Å². The van der Waals surface area contributed by atoms with Crippen LogP contribution in [0.25, 0.3) is 6.08 Å². The van der Waals surface area contributed by atoms with E-state index in [4.69, 9.17) is 9.94 Å². The molecule has 7 nitrogen and oxygen atoms in total. The van der Waals surface area contributed by atoms with Gasteiger partial charge in [0, 0.05) is 38.0 Å². The smallest absolute Gasteiger partial charge is 0.380 e. The number of nitrogens with one attached hydrogen (secondary N) is 2. The quantitative estimate of drug-likeness (QED) is 0.262. The van der Waals surface area contributed by atoms with Crippen LogP contribution in [0.15, 0.2) is 30.3 Å². The van der Waals surface area contributed by atoms with Crippen molar-refractivity contribution in [3.63, 3.8) is 0 Å². The molecule has 2 atom stereocenters. The standard InChI is InChI=1S/C19H24F3N3O4/c1-2-29-10-9-25-11-14(15(12-25)19(20,21)22)18(27)23-16-6-4-3-5-13(16)7-8-17(26)24-28/h3-8,14-15,28H,2,9-12H2,1H3,(H,23,27)(H,24,26)/t14-,15-/m1/s1. The summed E-state index contributed by atoms with van der Waals surface area (Å²) in [7, 11) is 0. The summed E-state index contributed by atoms with van der Waals surface area (Å²) >= 11 is 0. The fourth-order valence-electron chi connectivity index (χ4n) is 3.19. The number of amides is 2. The van der Waals surface area contributed by atoms with Crippen molar-refractivity contribution in [1.82, 2.24) is 10.4 Å². The van der Waals surface area contributed by atoms with Gasteiger partial charge in [0.05, 0.1) is 18.4 Å². The van der Waals surface area contributed by atoms with Crippen LogP contribution >= 0.6 is 0 Å². The molecule has 0 unspecified atom stereocenters. The fraction of sp³-hybridized carbons (Fsp3) is 0.474. The molecule has 1 aliphatic rings. The molecule has 0 aliphatic carbocycles. The van der Waals surface area contributed by atoms with Crippen LogP contribution in [0.4, 0.5) is 18.9 Å². The number of alkyl halides is 3. The summed E-state index contributed by atoms with van der Waals surface area (Å²) < 4.78 is 45.6. The van der Waals surface area contributed by atoms with E-state index in [-0.39, 0.29) is 18.8 Å². The highest BCUT2D eigenvalue weighted by Gasteiger charge is 2.52. The first-order valence-electron chi connectivity index (χ1n) is 9.15. The van der Waals surface area contributed by atoms with Gasteiger partial charge in [-0.25, -0.2) is 5.48 Å². The molecule has 160 valence electrons. The Labute approximate surface area is 166 Å². The second kappa shape index (κ2) is 10.4. The maximum atomic E-state index is 13.5. The number of carbonyl (C=O) groups is 2. The lowest BCUT2D eigenvalue weighted by Gasteiger charge is -2.21. The molecule has 0 aromatic heterocycles. The van der Waals surface area contributed by atoms with Crippen LogP contribution in [0.1, 0.15) is 12.5 Å². The average Bonchev–Trinajstić information content (AvgIpc) is 3.12. The monoisotopic (exact) mass is 415 g/mol. The van der Waals surface area contributed by atoms with Crippen LogP contribution in [-0.2, 0) is 14.3 Å². The van der Waals surface area contributed by atoms with Gasteiger partial charge in [-0.3, -0.25) is 19.7 Å². The third kappa shape index (κ3) is 6.55. The van der Waals surface area contributed by atoms with E-state index >= 15 is 0 Å². The molecular weight excluding hydrogens is 391 g/mol. The number of ether oxygens (including phenoxy) is 1. The van der Waals surface area contributed by atoms with E-state index in [0.717, 1.165) is 6.08 Å². The van der Waals surface area contributed by atoms with E-state index in [1.165, 1.54) is 17.6 Å². The number of carbonyl (C=O) groups excluding carboxylic acids is 2. The number of likely N-dealkylation sites (tertiary alicyclic amines) is 1. The molecule has 1 saturated heterocycles. The topological polar surface area (TPSA) is 90.9 Å². The van der Waals surface area contributed by atoms with Crippen molar-refractivity contribution in [2.45, 2.75) is 13.1 Å². The predicted octanol–water partition coefficient (Wildman–Crippen LogP) is 2.29. The molecule has 2 rings (SSSR count). The van der Waals surface area contributed by atoms with Gasteiger partial charge in [-0.15, -0.1) is 0 Å². The lowest BCUT2D eigenvalue weighted by molar-refractivity contribution is -0.182. The summed E-state index contributed by atoms with van der Waals surface area (Å²) in [5.74, 6) is -4.54. The molecule has 1 fully saturated rings. The molecule has 0 spiro atoms. The zero-order valence-electron chi connectivity index (χ0n) is 15.9. The number of benzene rings is 1. The van der Waals surface area contributed by atoms with Gasteiger partial charge in [-0.05, 0) is 24.6 Å². The predicted molar refractivity (Wildman–Crippen MR) is 100 cm³/mol. The highest BCUT2D eigenvalue weighted by Crippen LogP contribution is 2.38. The highest BCUT2D eigenvalue weighted by molar-refractivity contribution is 5.97. The van der Waals surface area contributed by atoms with Crippen LogP contribution in [0.5, 0.6) is 0 Å². The second-order valence-electron chi connectivity index (χ2n) is 6.60. The van der Waals surface area contributed by atoms with Gasteiger partial charge in [0.2, 0.25) is 5.91 Å². The SMILES string of the molecule is CCOCCN1C[C@@H](C(F)(F)F)[C@H](C(=O)Nc2ccccc2C=CC(=O)NO)C1. The Morgan fingerprint density at radius 3 is 2.69 bits per heavy atom. The number of para-hydroxylation sites is 1. The molecule has 1 aliphatic heterocycles. The van der Waals surface area contributed by atoms with Crippen molar-refractivity contribution in [1.29, 1.82) is 0 Å². The Bertz CT molecular complexity index is 740. The Hall–Kier alpha value is -2.43. The minimum absolute atomic E-state index is 0.0198. The summed E-state index contributed by atoms with van der Waals surface area (Å²) in [6, 6.07) is 6.37. The largest absolute Gasteiger partial charge is 0.393 e. The van der Waals surface area contributed by atoms with Crippen molar-refractivity contribution < 1.29 is 32.7 Å². The van der Waals surface area contributed by atoms with Crippen LogP contribution in [-0.4, -0.2) is 60.9 Å². The van der Waals surface area contributed by atoms with E-state index in [1.54, 1.807) is 30.0 Å². The molecule has 1 aromatic rings. The van der Waals surface area contributed by atoms with Gasteiger partial charge in [0.15, 0.2) is 0 Å². The first-order chi connectivity index (χ1) is 13.8. The molecule has 0 bridgehead atoms. The van der Waals surface area contributed by atoms with Crippen molar-refractivity contribution in [2.75, 3.05) is 38.2 Å². The Morgan fingerprint density at radius 2 is 2.03 bits per heavy atom. The minimum Gasteiger partial charge on any atom is -0.380 e. The summed E-state index contributed by atoms with van der Waals surface area (Å²) in [6.07, 6.45) is -2.12. The molecule has 3 N–H and O–H groups in total. The Balaban J connectivity index is 2.14. The van der Waals surface area contributed by atoms with Crippen molar-refractivity contribution in [2.24, 2.45) is 11.8 Å². The summed E-state index contributed by atoms with van der Waals surface area (Å²) in [6.45, 7) is 2.62. The number of halogens is 3. The second-order valence-corrected chi connectivity index (χ2v) is 6.60. The third-order valence-corrected chi connectivity index (χ3v) is 4.65. The highest BCUT2D eigenvalue weighted by atomic mass is 19.4. The summed E-state index contributed by atoms with van der Waals surface area (Å²) in [4.78, 5) is 25.4. The number of hydrogen-bond donors (Lipinski definition) is 3. The lowest BCUT2D eigenvalue weighted by Crippen LogP contribution is -2.36. The van der Waals surface area contributed by atoms with E-state index in [1.807, 2.05) is 0 Å². The van der Waals surface area contributed by atoms with Crippen molar-refractivity contribution in [3.05, 3.63) is 35.9 Å². The average molecular weight is 415 g/mol. The number of anilines is 1. The Kier molecular flexibility index (Phi) is 8.18. The Morgan fingerprint density at radius 1 is 1.31 bits per heavy atom. The third-order valence-electron chi connectivity index (χ3n) is 4.65. The molecule has 2 amide bonds. The number of rotatable bonds is 8. The zero-order chi connectivity index (χ0) is 21.4. The maximum absolute atomic E-state index is 13.5. The molecular formula is C19H24F3N3O4. The molecule has 10 heteroatoms. The number of hydrogen-bond acceptors (Lipinski definition) is 5. The zero-order valence-corrected chi connectivity index (χ0v) is 15.9. The van der Waals surface area contributed by atoms with E-state index in [0.29, 0.717) is 25.3 Å². The maximum Gasteiger partial charge on any atom is 0.393 e. The minimum atomic E-state index is -4.50. The lowest BCUT2D eigenvalue weighted by atomic mass is 9.94. The molecule has 1 aromatic carbocycles. The normalized spacial score (nSPS) is 20.2. The van der Waals surface area contributed by atoms with Gasteiger partial charge in [-0.2, -0.15) is 13.2 Å². The van der Waals surface area contributed by atoms with Gasteiger partial charge < -0.3 is 10.1 Å². The van der Waals surface area contributed by atoms with Gasteiger partial charge >= 0.3 is 6.18 Å². The van der Waals surface area contributed by atoms with E-state index < -0.39 is 29.8 Å². The van der Waals surface area contributed by atoms with E-state index in [9.17, 15) is 22.8 Å². The van der Waals surface area contributed by atoms with Crippen LogP contribution in [0.2, 0.25) is 0 Å². The van der Waals surface area contributed by atoms with Crippen molar-refractivity contribution in [3.8, 4) is 0 Å². The first kappa shape index (κ1) is 22.9. The summed E-state index contributed by atoms with van der Waals surface area (Å²) in [5, 5.41) is 11.1. The molecule has 29 heavy (non-hydrogen) atoms. The van der Waals surface area contributed by atoms with Crippen LogP contribution < -0.4 is 10.8 Å². The molecule has 0 saturated carbocycles. The number of hydroxylamine groups is 1. The van der Waals surface area contributed by atoms with Gasteiger partial charge in [0.25, 0.3) is 5.91 Å². The van der Waals surface area contributed by atoms with Crippen LogP contribution in [0, 0.1) is 11.8 Å². The van der Waals surface area contributed by atoms with E-state index in [2.05, 4.69) is 5.32 Å². The molecule has 0 radical (unpaired) electrons. The van der Waals surface area contributed by atoms with Gasteiger partial charge in [-0.1, -0.05) is 18.2 Å². The summed E-state index contributed by atoms with van der Waals surface area (Å²) in [5.41, 5.74) is 2.12. The van der Waals surface area contributed by atoms with Crippen molar-refractivity contribution >= 4 is 23.6 Å². The fourth-order valence-corrected chi connectivity index (χ4v) is 3.19. The van der Waals surface area contributed by atoms with Crippen LogP contribution in [0.3, 0.4) is 0 Å². The molecule has 1 heterocycles. The number of nitrogens with zero attached hydrogens (tertiary/aromatic N) is 1. The first-order valence-corrected chi connectivity index (χ1v) is 9.15.